The van der Waals surface area contributed by atoms with E-state index in [1.165, 1.54) is 0 Å². The molecule has 6 heteroatoms. The second-order valence-corrected chi connectivity index (χ2v) is 5.41. The standard InChI is InChI=1S/C17H13N5O/c1-11-3-2-4-12-7-14(21-16(11)12)17(23)20-8-13-10-22-6-5-18-15(22)9-19-13/h2-7,9-10H,8H2,1H3/p+1. The van der Waals surface area contributed by atoms with Crippen LogP contribution in [0.2, 0.25) is 0 Å². The predicted molar refractivity (Wildman–Crippen MR) is 89.3 cm³/mol. The minimum Gasteiger partial charge on any atom is -0.345 e. The van der Waals surface area contributed by atoms with Gasteiger partial charge in [0.1, 0.15) is 18.1 Å². The van der Waals surface area contributed by atoms with E-state index in [4.69, 9.17) is 0 Å². The molecule has 112 valence electrons. The molecule has 0 aromatic carbocycles. The minimum absolute atomic E-state index is 0.201. The third-order valence-corrected chi connectivity index (χ3v) is 3.79. The molecule has 0 atom stereocenters. The molecule has 0 fully saturated rings. The highest BCUT2D eigenvalue weighted by atomic mass is 16.2. The molecule has 6 nitrogen and oxygen atoms in total. The van der Waals surface area contributed by atoms with Crippen LogP contribution in [0.25, 0.3) is 0 Å². The molecule has 0 unspecified atom stereocenters. The molecule has 1 amide bonds. The van der Waals surface area contributed by atoms with Crippen LogP contribution in [0.1, 0.15) is 6.92 Å². The summed E-state index contributed by atoms with van der Waals surface area (Å²) in [5.41, 5.74) is 4.10. The summed E-state index contributed by atoms with van der Waals surface area (Å²) in [5, 5.41) is 2.85. The Morgan fingerprint density at radius 3 is 3.09 bits per heavy atom. The normalized spacial score (nSPS) is 21.2. The molecule has 4 rings (SSSR count). The van der Waals surface area contributed by atoms with E-state index in [2.05, 4.69) is 20.3 Å². The average molecular weight is 304 g/mol. The highest BCUT2D eigenvalue weighted by Gasteiger charge is 2.24. The Labute approximate surface area is 133 Å². The van der Waals surface area contributed by atoms with Gasteiger partial charge >= 0.3 is 5.84 Å². The number of carbonyl (C=O) groups excluding carboxylic acids is 1. The number of carbonyl (C=O) groups is 1. The molecule has 1 N–H and O–H groups in total. The van der Waals surface area contributed by atoms with Gasteiger partial charge < -0.3 is 5.32 Å². The first kappa shape index (κ1) is 13.8. The summed E-state index contributed by atoms with van der Waals surface area (Å²) in [7, 11) is 0. The lowest BCUT2D eigenvalue weighted by atomic mass is 9.98. The van der Waals surface area contributed by atoms with Crippen LogP contribution in [0.3, 0.4) is 0 Å². The van der Waals surface area contributed by atoms with Gasteiger partial charge in [-0.1, -0.05) is 12.2 Å². The highest BCUT2D eigenvalue weighted by Crippen LogP contribution is 2.24. The van der Waals surface area contributed by atoms with Crippen LogP contribution in [0.4, 0.5) is 0 Å². The smallest absolute Gasteiger partial charge is 0.330 e. The van der Waals surface area contributed by atoms with Gasteiger partial charge in [0, 0.05) is 6.42 Å². The van der Waals surface area contributed by atoms with Crippen molar-refractivity contribution in [3.63, 3.8) is 0 Å². The van der Waals surface area contributed by atoms with Crippen LogP contribution in [-0.4, -0.2) is 40.5 Å². The molecular formula is C17H14N5O+. The minimum atomic E-state index is -0.201. The number of amides is 1. The summed E-state index contributed by atoms with van der Waals surface area (Å²) in [6.07, 6.45) is 13.1. The first-order valence-electron chi connectivity index (χ1n) is 7.29. The van der Waals surface area contributed by atoms with Gasteiger partial charge in [0.15, 0.2) is 12.7 Å². The Morgan fingerprint density at radius 2 is 2.22 bits per heavy atom. The molecule has 3 aliphatic heterocycles. The van der Waals surface area contributed by atoms with Crippen molar-refractivity contribution in [1.29, 1.82) is 0 Å². The van der Waals surface area contributed by atoms with E-state index in [0.717, 1.165) is 28.4 Å². The zero-order valence-corrected chi connectivity index (χ0v) is 12.5. The predicted octanol–water partition coefficient (Wildman–Crippen LogP) is 1.11. The van der Waals surface area contributed by atoms with Crippen LogP contribution in [0.5, 0.6) is 0 Å². The molecule has 0 aromatic heterocycles. The second-order valence-electron chi connectivity index (χ2n) is 5.41. The number of rotatable bonds is 3. The molecule has 0 bridgehead atoms. The van der Waals surface area contributed by atoms with Crippen LogP contribution in [0.15, 0.2) is 62.4 Å². The zero-order valence-electron chi connectivity index (χ0n) is 12.5. The summed E-state index contributed by atoms with van der Waals surface area (Å²) < 4.78 is 1.87. The van der Waals surface area contributed by atoms with Crippen molar-refractivity contribution in [2.75, 3.05) is 6.54 Å². The maximum absolute atomic E-state index is 12.3. The fourth-order valence-corrected chi connectivity index (χ4v) is 2.59. The van der Waals surface area contributed by atoms with E-state index in [0.29, 0.717) is 12.2 Å². The number of amidine groups is 1. The Morgan fingerprint density at radius 1 is 1.30 bits per heavy atom. The van der Waals surface area contributed by atoms with E-state index < -0.39 is 0 Å². The molecule has 1 aliphatic carbocycles. The number of aliphatic imine (C=N–C) groups is 3. The number of hydrogen-bond acceptors (Lipinski definition) is 4. The van der Waals surface area contributed by atoms with Crippen molar-refractivity contribution < 1.29 is 9.37 Å². The Bertz CT molecular complexity index is 846. The van der Waals surface area contributed by atoms with Crippen molar-refractivity contribution in [2.24, 2.45) is 15.0 Å². The van der Waals surface area contributed by atoms with Crippen LogP contribution in [0, 0.1) is 13.0 Å². The Balaban J connectivity index is 1.42. The lowest BCUT2D eigenvalue weighted by Crippen LogP contribution is -2.34. The summed E-state index contributed by atoms with van der Waals surface area (Å²) in [5.74, 6) is 0.577. The molecule has 2 radical (unpaired) electrons. The number of nitrogens with zero attached hydrogens (tertiary/aromatic N) is 4. The number of fused-ring (bicyclic) bond motifs is 2. The Hall–Kier alpha value is -2.89. The molecule has 0 spiro atoms. The molecule has 3 heterocycles. The monoisotopic (exact) mass is 304 g/mol. The van der Waals surface area contributed by atoms with Crippen LogP contribution in [-0.2, 0) is 4.79 Å². The number of nitrogens with one attached hydrogen (secondary N) is 1. The van der Waals surface area contributed by atoms with Crippen LogP contribution >= 0.6 is 0 Å². The fourth-order valence-electron chi connectivity index (χ4n) is 2.59. The lowest BCUT2D eigenvalue weighted by molar-refractivity contribution is -0.312. The van der Waals surface area contributed by atoms with Gasteiger partial charge in [-0.25, -0.2) is 4.99 Å². The van der Waals surface area contributed by atoms with Gasteiger partial charge in [-0.2, -0.15) is 4.58 Å². The summed E-state index contributed by atoms with van der Waals surface area (Å²) in [6.45, 7) is 4.01. The second kappa shape index (κ2) is 5.39. The molecule has 4 aliphatic rings. The quantitative estimate of drug-likeness (QED) is 0.780. The van der Waals surface area contributed by atoms with Gasteiger partial charge in [0.05, 0.1) is 18.0 Å². The van der Waals surface area contributed by atoms with Crippen molar-refractivity contribution in [3.8, 4) is 0 Å². The number of hydrogen-bond donors (Lipinski definition) is 1. The summed E-state index contributed by atoms with van der Waals surface area (Å²) in [4.78, 5) is 25.1. The largest absolute Gasteiger partial charge is 0.345 e. The lowest BCUT2D eigenvalue weighted by Gasteiger charge is -2.08. The highest BCUT2D eigenvalue weighted by molar-refractivity contribution is 6.32. The van der Waals surface area contributed by atoms with E-state index in [-0.39, 0.29) is 5.91 Å². The van der Waals surface area contributed by atoms with Gasteiger partial charge in [0.25, 0.3) is 5.91 Å². The van der Waals surface area contributed by atoms with E-state index >= 15 is 0 Å². The fraction of sp³-hybridized carbons (Fsp3) is 0.118. The first-order valence-corrected chi connectivity index (χ1v) is 7.29. The SMILES string of the molecule is CC1=C[CH]C=C2C=C(C(=O)NCC3=N[CH]C4=NC=C[N+]4=C3)N=C12. The Kier molecular flexibility index (Phi) is 3.22. The van der Waals surface area contributed by atoms with E-state index in [1.54, 1.807) is 12.7 Å². The molecule has 0 aromatic rings. The van der Waals surface area contributed by atoms with Crippen LogP contribution < -0.4 is 5.32 Å². The molecule has 0 saturated heterocycles. The third-order valence-electron chi connectivity index (χ3n) is 3.79. The number of allylic oxidation sites excluding steroid dienone is 5. The van der Waals surface area contributed by atoms with E-state index in [1.807, 2.05) is 48.6 Å². The molecular weight excluding hydrogens is 290 g/mol. The molecule has 0 saturated carbocycles. The van der Waals surface area contributed by atoms with E-state index in [9.17, 15) is 4.79 Å². The van der Waals surface area contributed by atoms with Gasteiger partial charge in [0.2, 0.25) is 0 Å². The maximum Gasteiger partial charge on any atom is 0.330 e. The van der Waals surface area contributed by atoms with Gasteiger partial charge in [-0.05, 0) is 29.1 Å². The topological polar surface area (TPSA) is 69.2 Å². The van der Waals surface area contributed by atoms with Crippen molar-refractivity contribution in [3.05, 3.63) is 60.4 Å². The maximum atomic E-state index is 12.3. The van der Waals surface area contributed by atoms with Crippen molar-refractivity contribution in [1.82, 2.24) is 5.32 Å². The van der Waals surface area contributed by atoms with Crippen molar-refractivity contribution in [2.45, 2.75) is 6.92 Å². The average Bonchev–Trinajstić information content (AvgIpc) is 3.19. The van der Waals surface area contributed by atoms with Gasteiger partial charge in [-0.15, -0.1) is 0 Å². The van der Waals surface area contributed by atoms with Gasteiger partial charge in [-0.3, -0.25) is 9.79 Å². The van der Waals surface area contributed by atoms with Crippen molar-refractivity contribution >= 4 is 29.4 Å². The molecule has 23 heavy (non-hydrogen) atoms. The zero-order chi connectivity index (χ0) is 15.8. The first-order chi connectivity index (χ1) is 11.2. The third kappa shape index (κ3) is 2.52. The summed E-state index contributed by atoms with van der Waals surface area (Å²) in [6, 6.07) is 0. The summed E-state index contributed by atoms with van der Waals surface area (Å²) >= 11 is 0.